The number of nitrogens with one attached hydrogen (secondary N) is 2. The third-order valence-corrected chi connectivity index (χ3v) is 2.79. The van der Waals surface area contributed by atoms with E-state index in [0.717, 1.165) is 7.11 Å². The van der Waals surface area contributed by atoms with Crippen molar-refractivity contribution in [3.8, 4) is 0 Å². The molecule has 0 fully saturated rings. The third-order valence-electron chi connectivity index (χ3n) is 1.73. The van der Waals surface area contributed by atoms with Crippen LogP contribution in [0.15, 0.2) is 0 Å². The first kappa shape index (κ1) is 17.6. The number of rotatable bonds is 5. The first-order valence-corrected chi connectivity index (χ1v) is 6.89. The molecule has 0 unspecified atom stereocenters. The van der Waals surface area contributed by atoms with Gasteiger partial charge in [0.1, 0.15) is 0 Å². The van der Waals surface area contributed by atoms with Gasteiger partial charge in [0.15, 0.2) is 0 Å². The van der Waals surface area contributed by atoms with Gasteiger partial charge in [0.25, 0.3) is 0 Å². The maximum Gasteiger partial charge on any atom is 0.417 e. The van der Waals surface area contributed by atoms with Crippen molar-refractivity contribution in [2.75, 3.05) is 7.11 Å². The summed E-state index contributed by atoms with van der Waals surface area (Å²) in [7, 11) is -3.03. The van der Waals surface area contributed by atoms with Crippen LogP contribution < -0.4 is 10.2 Å². The van der Waals surface area contributed by atoms with Gasteiger partial charge in [-0.05, 0) is 27.7 Å². The Morgan fingerprint density at radius 3 is 2.05 bits per heavy atom. The second-order valence-corrected chi connectivity index (χ2v) is 5.46. The predicted molar refractivity (Wildman–Crippen MR) is 66.2 cm³/mol. The molecule has 0 saturated heterocycles. The van der Waals surface area contributed by atoms with Crippen LogP contribution >= 0.6 is 0 Å². The first-order valence-electron chi connectivity index (χ1n) is 5.48. The van der Waals surface area contributed by atoms with E-state index in [9.17, 15) is 18.0 Å². The lowest BCUT2D eigenvalue weighted by molar-refractivity contribution is 0.103. The van der Waals surface area contributed by atoms with Gasteiger partial charge in [-0.15, -0.1) is 4.28 Å². The number of imide groups is 1. The number of methoxy groups -OCH3 is 1. The lowest BCUT2D eigenvalue weighted by atomic mass is 10.3. The number of urea groups is 1. The molecule has 0 spiro atoms. The van der Waals surface area contributed by atoms with Gasteiger partial charge < -0.3 is 4.74 Å². The number of carbonyl (C=O) groups excluding carboxylic acids is 2. The monoisotopic (exact) mass is 297 g/mol. The Balaban J connectivity index is 4.64. The average molecular weight is 297 g/mol. The minimum absolute atomic E-state index is 0.399. The predicted octanol–water partition coefficient (Wildman–Crippen LogP) is 0.347. The molecular formula is C9H19N3O6S. The van der Waals surface area contributed by atoms with Crippen LogP contribution in [0.2, 0.25) is 0 Å². The van der Waals surface area contributed by atoms with E-state index in [2.05, 4.69) is 13.7 Å². The highest BCUT2D eigenvalue weighted by Crippen LogP contribution is 2.02. The van der Waals surface area contributed by atoms with Crippen molar-refractivity contribution in [2.45, 2.75) is 39.8 Å². The van der Waals surface area contributed by atoms with Crippen molar-refractivity contribution in [2.24, 2.45) is 0 Å². The maximum absolute atomic E-state index is 11.6. The van der Waals surface area contributed by atoms with Crippen molar-refractivity contribution in [1.29, 1.82) is 0 Å². The number of hydrogen-bond donors (Lipinski definition) is 2. The zero-order valence-electron chi connectivity index (χ0n) is 11.5. The van der Waals surface area contributed by atoms with Crippen LogP contribution in [0.25, 0.3) is 0 Å². The summed E-state index contributed by atoms with van der Waals surface area (Å²) in [6, 6.07) is -1.98. The molecule has 0 atom stereocenters. The topological polar surface area (TPSA) is 114 Å². The summed E-state index contributed by atoms with van der Waals surface area (Å²) in [5, 5.41) is 0. The Morgan fingerprint density at radius 1 is 1.16 bits per heavy atom. The van der Waals surface area contributed by atoms with Gasteiger partial charge in [0.05, 0.1) is 7.11 Å². The zero-order chi connectivity index (χ0) is 15.2. The van der Waals surface area contributed by atoms with Gasteiger partial charge in [0.2, 0.25) is 0 Å². The minimum Gasteiger partial charge on any atom is -0.452 e. The largest absolute Gasteiger partial charge is 0.452 e. The second kappa shape index (κ2) is 7.26. The number of carbonyl (C=O) groups is 2. The molecule has 3 amide bonds. The van der Waals surface area contributed by atoms with E-state index in [1.807, 2.05) is 0 Å². The normalized spacial score (nSPS) is 11.5. The van der Waals surface area contributed by atoms with Gasteiger partial charge >= 0.3 is 22.4 Å². The Labute approximate surface area is 112 Å². The van der Waals surface area contributed by atoms with E-state index in [0.29, 0.717) is 4.90 Å². The minimum atomic E-state index is -4.13. The number of hydroxylamine groups is 1. The van der Waals surface area contributed by atoms with Crippen LogP contribution in [0.4, 0.5) is 9.59 Å². The van der Waals surface area contributed by atoms with Gasteiger partial charge in [-0.3, -0.25) is 0 Å². The van der Waals surface area contributed by atoms with Gasteiger partial charge in [-0.1, -0.05) is 0 Å². The van der Waals surface area contributed by atoms with Crippen LogP contribution in [0.1, 0.15) is 27.7 Å². The van der Waals surface area contributed by atoms with E-state index < -0.39 is 34.5 Å². The molecular weight excluding hydrogens is 278 g/mol. The van der Waals surface area contributed by atoms with Crippen molar-refractivity contribution < 1.29 is 27.0 Å². The number of nitrogens with zero attached hydrogens (tertiary/aromatic N) is 1. The number of amides is 3. The average Bonchev–Trinajstić information content (AvgIpc) is 2.24. The summed E-state index contributed by atoms with van der Waals surface area (Å²) in [6.07, 6.45) is -0.926. The highest BCUT2D eigenvalue weighted by atomic mass is 32.2. The molecule has 0 aromatic carbocycles. The van der Waals surface area contributed by atoms with Crippen molar-refractivity contribution in [1.82, 2.24) is 15.1 Å². The summed E-state index contributed by atoms with van der Waals surface area (Å²) in [6.45, 7) is 6.27. The summed E-state index contributed by atoms with van der Waals surface area (Å²) in [5.41, 5.74) is 1.66. The molecule has 0 radical (unpaired) electrons. The molecule has 10 heteroatoms. The lowest BCUT2D eigenvalue weighted by Gasteiger charge is -2.22. The van der Waals surface area contributed by atoms with Crippen LogP contribution in [0.5, 0.6) is 0 Å². The summed E-state index contributed by atoms with van der Waals surface area (Å²) in [5.74, 6) is 0. The molecule has 0 aromatic rings. The second-order valence-electron chi connectivity index (χ2n) is 4.15. The Morgan fingerprint density at radius 2 is 1.68 bits per heavy atom. The molecule has 0 aromatic heterocycles. The molecule has 0 heterocycles. The van der Waals surface area contributed by atoms with Crippen LogP contribution in [-0.2, 0) is 19.3 Å². The van der Waals surface area contributed by atoms with E-state index in [4.69, 9.17) is 0 Å². The zero-order valence-corrected chi connectivity index (χ0v) is 12.3. The smallest absolute Gasteiger partial charge is 0.417 e. The highest BCUT2D eigenvalue weighted by molar-refractivity contribution is 7.84. The van der Waals surface area contributed by atoms with E-state index in [1.165, 1.54) is 0 Å². The van der Waals surface area contributed by atoms with Crippen molar-refractivity contribution >= 4 is 22.4 Å². The SMILES string of the molecule is COC(=O)N(C(=O)NOS(=O)(=O)NC(C)C)C(C)C. The molecule has 0 rings (SSSR count). The lowest BCUT2D eigenvalue weighted by Crippen LogP contribution is -2.49. The molecule has 0 aliphatic carbocycles. The van der Waals surface area contributed by atoms with E-state index in [-0.39, 0.29) is 0 Å². The molecule has 0 aliphatic rings. The fraction of sp³-hybridized carbons (Fsp3) is 0.778. The fourth-order valence-electron chi connectivity index (χ4n) is 1.08. The number of hydrogen-bond acceptors (Lipinski definition) is 6. The van der Waals surface area contributed by atoms with Crippen LogP contribution in [-0.4, -0.2) is 44.6 Å². The van der Waals surface area contributed by atoms with Gasteiger partial charge in [-0.25, -0.2) is 14.5 Å². The van der Waals surface area contributed by atoms with Crippen molar-refractivity contribution in [3.05, 3.63) is 0 Å². The molecule has 9 nitrogen and oxygen atoms in total. The molecule has 2 N–H and O–H groups in total. The molecule has 19 heavy (non-hydrogen) atoms. The quantitative estimate of drug-likeness (QED) is 0.708. The Hall–Kier alpha value is -1.39. The van der Waals surface area contributed by atoms with Gasteiger partial charge in [-0.2, -0.15) is 18.6 Å². The summed E-state index contributed by atoms with van der Waals surface area (Å²) < 4.78 is 33.3. The van der Waals surface area contributed by atoms with E-state index >= 15 is 0 Å². The Bertz CT molecular complexity index is 420. The fourth-order valence-corrected chi connectivity index (χ4v) is 1.89. The van der Waals surface area contributed by atoms with Gasteiger partial charge in [0, 0.05) is 12.1 Å². The number of ether oxygens (including phenoxy) is 1. The molecule has 0 saturated carbocycles. The van der Waals surface area contributed by atoms with E-state index in [1.54, 1.807) is 33.2 Å². The standard InChI is InChI=1S/C9H19N3O6S/c1-6(2)11-19(15,16)18-10-8(13)12(7(3)4)9(14)17-5/h6-7,11H,1-5H3,(H,10,13). The van der Waals surface area contributed by atoms with Crippen molar-refractivity contribution in [3.63, 3.8) is 0 Å². The maximum atomic E-state index is 11.6. The van der Waals surface area contributed by atoms with Crippen LogP contribution in [0.3, 0.4) is 0 Å². The molecule has 0 bridgehead atoms. The molecule has 0 aliphatic heterocycles. The summed E-state index contributed by atoms with van der Waals surface area (Å²) >= 11 is 0. The highest BCUT2D eigenvalue weighted by Gasteiger charge is 2.27. The third kappa shape index (κ3) is 6.36. The molecule has 112 valence electrons. The van der Waals surface area contributed by atoms with Crippen LogP contribution in [0, 0.1) is 0 Å². The first-order chi connectivity index (χ1) is 8.60. The summed E-state index contributed by atoms with van der Waals surface area (Å²) in [4.78, 5) is 23.6. The Kier molecular flexibility index (Phi) is 6.73.